The van der Waals surface area contributed by atoms with E-state index in [1.165, 1.54) is 0 Å². The van der Waals surface area contributed by atoms with Gasteiger partial charge < -0.3 is 0 Å². The van der Waals surface area contributed by atoms with Gasteiger partial charge in [0.1, 0.15) is 0 Å². The molecule has 0 fully saturated rings. The second-order valence-electron chi connectivity index (χ2n) is 5.62. The van der Waals surface area contributed by atoms with Gasteiger partial charge in [0.15, 0.2) is 5.52 Å². The second kappa shape index (κ2) is 4.44. The average Bonchev–Trinajstić information content (AvgIpc) is 2.87. The van der Waals surface area contributed by atoms with Crippen LogP contribution in [0.15, 0.2) is 29.3 Å². The van der Waals surface area contributed by atoms with Crippen LogP contribution in [0, 0.1) is 0 Å². The Balaban J connectivity index is 2.52. The molecule has 0 aromatic carbocycles. The topological polar surface area (TPSA) is 52.2 Å². The maximum absolute atomic E-state index is 12.7. The van der Waals surface area contributed by atoms with Gasteiger partial charge in [-0.25, -0.2) is 9.97 Å². The predicted octanol–water partition coefficient (Wildman–Crippen LogP) is 2.75. The third kappa shape index (κ3) is 1.73. The van der Waals surface area contributed by atoms with Gasteiger partial charge in [0.05, 0.1) is 5.52 Å². The molecule has 0 N–H and O–H groups in total. The van der Waals surface area contributed by atoms with E-state index in [-0.39, 0.29) is 11.6 Å². The summed E-state index contributed by atoms with van der Waals surface area (Å²) in [5.74, 6) is 0.960. The molecule has 0 amide bonds. The van der Waals surface area contributed by atoms with Gasteiger partial charge in [-0.3, -0.25) is 13.8 Å². The summed E-state index contributed by atoms with van der Waals surface area (Å²) in [5, 5.41) is 0. The van der Waals surface area contributed by atoms with E-state index in [4.69, 9.17) is 0 Å². The van der Waals surface area contributed by atoms with Gasteiger partial charge in [0.2, 0.25) is 5.78 Å². The highest BCUT2D eigenvalue weighted by Crippen LogP contribution is 2.18. The van der Waals surface area contributed by atoms with Crippen molar-refractivity contribution in [3.63, 3.8) is 0 Å². The number of hydrogen-bond acceptors (Lipinski definition) is 3. The van der Waals surface area contributed by atoms with Crippen molar-refractivity contribution in [2.75, 3.05) is 0 Å². The largest absolute Gasteiger partial charge is 0.283 e. The first-order chi connectivity index (χ1) is 9.50. The summed E-state index contributed by atoms with van der Waals surface area (Å²) in [6.07, 6.45) is 3.58. The number of imidazole rings is 1. The van der Waals surface area contributed by atoms with Crippen LogP contribution < -0.4 is 5.56 Å². The van der Waals surface area contributed by atoms with E-state index in [0.717, 1.165) is 11.2 Å². The SMILES string of the molecule is CC(C)c1ccc2c(n1)c(=O)n(C(C)C)c1nccn21. The van der Waals surface area contributed by atoms with Crippen LogP contribution in [0.5, 0.6) is 0 Å². The van der Waals surface area contributed by atoms with Crippen LogP contribution in [0.3, 0.4) is 0 Å². The number of pyridine rings is 1. The Bertz CT molecular complexity index is 842. The molecular formula is C15H18N4O. The molecule has 20 heavy (non-hydrogen) atoms. The number of aromatic nitrogens is 4. The summed E-state index contributed by atoms with van der Waals surface area (Å²) in [6.45, 7) is 8.11. The van der Waals surface area contributed by atoms with Crippen molar-refractivity contribution in [1.29, 1.82) is 0 Å². The molecule has 0 saturated heterocycles. The van der Waals surface area contributed by atoms with Crippen molar-refractivity contribution in [2.24, 2.45) is 0 Å². The minimum atomic E-state index is -0.0730. The molecule has 5 nitrogen and oxygen atoms in total. The molecule has 3 heterocycles. The number of rotatable bonds is 2. The van der Waals surface area contributed by atoms with Crippen LogP contribution in [0.1, 0.15) is 45.3 Å². The van der Waals surface area contributed by atoms with Gasteiger partial charge in [-0.2, -0.15) is 0 Å². The van der Waals surface area contributed by atoms with Crippen molar-refractivity contribution in [1.82, 2.24) is 18.9 Å². The van der Waals surface area contributed by atoms with E-state index < -0.39 is 0 Å². The summed E-state index contributed by atoms with van der Waals surface area (Å²) in [6, 6.07) is 3.98. The molecule has 104 valence electrons. The van der Waals surface area contributed by atoms with Crippen LogP contribution in [0.4, 0.5) is 0 Å². The van der Waals surface area contributed by atoms with Gasteiger partial charge in [0, 0.05) is 24.1 Å². The quantitative estimate of drug-likeness (QED) is 0.719. The van der Waals surface area contributed by atoms with E-state index >= 15 is 0 Å². The zero-order valence-corrected chi connectivity index (χ0v) is 12.2. The van der Waals surface area contributed by atoms with Crippen LogP contribution in [-0.4, -0.2) is 18.9 Å². The summed E-state index contributed by atoms with van der Waals surface area (Å²) in [4.78, 5) is 21.6. The Labute approximate surface area is 116 Å². The monoisotopic (exact) mass is 270 g/mol. The standard InChI is InChI=1S/C15H18N4O/c1-9(2)11-5-6-12-13(17-11)14(20)19(10(3)4)15-16-7-8-18(12)15/h5-10H,1-4H3. The first-order valence-electron chi connectivity index (χ1n) is 6.89. The van der Waals surface area contributed by atoms with E-state index in [1.54, 1.807) is 10.8 Å². The highest BCUT2D eigenvalue weighted by atomic mass is 16.1. The normalized spacial score (nSPS) is 12.1. The molecule has 5 heteroatoms. The maximum atomic E-state index is 12.7. The third-order valence-corrected chi connectivity index (χ3v) is 3.52. The third-order valence-electron chi connectivity index (χ3n) is 3.52. The molecule has 3 rings (SSSR count). The Kier molecular flexibility index (Phi) is 2.85. The molecule has 0 aliphatic rings. The minimum Gasteiger partial charge on any atom is -0.283 e. The average molecular weight is 270 g/mol. The Hall–Kier alpha value is -2.17. The predicted molar refractivity (Wildman–Crippen MR) is 79.2 cm³/mol. The fourth-order valence-corrected chi connectivity index (χ4v) is 2.47. The molecule has 0 atom stereocenters. The van der Waals surface area contributed by atoms with Gasteiger partial charge in [-0.05, 0) is 31.9 Å². The first-order valence-corrected chi connectivity index (χ1v) is 6.89. The van der Waals surface area contributed by atoms with Crippen molar-refractivity contribution < 1.29 is 0 Å². The molecular weight excluding hydrogens is 252 g/mol. The van der Waals surface area contributed by atoms with Gasteiger partial charge in [-0.15, -0.1) is 0 Å². The highest BCUT2D eigenvalue weighted by molar-refractivity contribution is 5.76. The van der Waals surface area contributed by atoms with Crippen molar-refractivity contribution >= 4 is 16.8 Å². The molecule has 3 aromatic rings. The van der Waals surface area contributed by atoms with Crippen molar-refractivity contribution in [3.8, 4) is 0 Å². The van der Waals surface area contributed by atoms with Gasteiger partial charge in [-0.1, -0.05) is 13.8 Å². The van der Waals surface area contributed by atoms with E-state index in [9.17, 15) is 4.79 Å². The molecule has 0 unspecified atom stereocenters. The van der Waals surface area contributed by atoms with Gasteiger partial charge >= 0.3 is 0 Å². The molecule has 0 spiro atoms. The molecule has 0 bridgehead atoms. The lowest BCUT2D eigenvalue weighted by Gasteiger charge is -2.14. The Morgan fingerprint density at radius 3 is 2.55 bits per heavy atom. The summed E-state index contributed by atoms with van der Waals surface area (Å²) >= 11 is 0. The zero-order valence-electron chi connectivity index (χ0n) is 12.2. The van der Waals surface area contributed by atoms with Gasteiger partial charge in [0.25, 0.3) is 5.56 Å². The van der Waals surface area contributed by atoms with E-state index in [1.807, 2.05) is 36.6 Å². The fraction of sp³-hybridized carbons (Fsp3) is 0.400. The zero-order chi connectivity index (χ0) is 14.4. The van der Waals surface area contributed by atoms with Crippen LogP contribution in [-0.2, 0) is 0 Å². The molecule has 3 aromatic heterocycles. The second-order valence-corrected chi connectivity index (χ2v) is 5.62. The van der Waals surface area contributed by atoms with E-state index in [0.29, 0.717) is 17.2 Å². The number of fused-ring (bicyclic) bond motifs is 3. The van der Waals surface area contributed by atoms with Crippen LogP contribution in [0.25, 0.3) is 16.8 Å². The Morgan fingerprint density at radius 2 is 1.90 bits per heavy atom. The minimum absolute atomic E-state index is 0.0429. The van der Waals surface area contributed by atoms with Crippen molar-refractivity contribution in [2.45, 2.75) is 39.7 Å². The van der Waals surface area contributed by atoms with Crippen LogP contribution >= 0.6 is 0 Å². The highest BCUT2D eigenvalue weighted by Gasteiger charge is 2.15. The van der Waals surface area contributed by atoms with E-state index in [2.05, 4.69) is 23.8 Å². The first kappa shape index (κ1) is 12.8. The lowest BCUT2D eigenvalue weighted by atomic mass is 10.1. The van der Waals surface area contributed by atoms with Crippen LogP contribution in [0.2, 0.25) is 0 Å². The number of nitrogens with zero attached hydrogens (tertiary/aromatic N) is 4. The maximum Gasteiger partial charge on any atom is 0.281 e. The number of hydrogen-bond donors (Lipinski definition) is 0. The summed E-state index contributed by atoms with van der Waals surface area (Å²) < 4.78 is 3.62. The lowest BCUT2D eigenvalue weighted by molar-refractivity contribution is 0.588. The summed E-state index contributed by atoms with van der Waals surface area (Å²) in [7, 11) is 0. The lowest BCUT2D eigenvalue weighted by Crippen LogP contribution is -2.25. The molecule has 0 radical (unpaired) electrons. The smallest absolute Gasteiger partial charge is 0.281 e. The molecule has 0 saturated carbocycles. The Morgan fingerprint density at radius 1 is 1.15 bits per heavy atom. The molecule has 0 aliphatic heterocycles. The summed E-state index contributed by atoms with van der Waals surface area (Å²) in [5.41, 5.74) is 2.18. The fourth-order valence-electron chi connectivity index (χ4n) is 2.47. The molecule has 0 aliphatic carbocycles. The van der Waals surface area contributed by atoms with Crippen molar-refractivity contribution in [3.05, 3.63) is 40.6 Å².